The number of nitrogens with one attached hydrogen (secondary N) is 1. The van der Waals surface area contributed by atoms with Gasteiger partial charge in [-0.1, -0.05) is 19.1 Å². The van der Waals surface area contributed by atoms with Crippen LogP contribution in [0.3, 0.4) is 0 Å². The van der Waals surface area contributed by atoms with Gasteiger partial charge in [-0.25, -0.2) is 0 Å². The Bertz CT molecular complexity index is 263. The standard InChI is InChI=1S/C11H17NO2/c1-3-12-8-9-14-11-7-5-4-6-10(11)13-2/h4-7,12H,3,8-9H2,1-2H3. The van der Waals surface area contributed by atoms with Crippen LogP contribution >= 0.6 is 0 Å². The van der Waals surface area contributed by atoms with Crippen LogP contribution in [0.2, 0.25) is 0 Å². The number of likely N-dealkylation sites (N-methyl/N-ethyl adjacent to an activating group) is 1. The van der Waals surface area contributed by atoms with Gasteiger partial charge in [0.2, 0.25) is 0 Å². The van der Waals surface area contributed by atoms with Gasteiger partial charge in [0.15, 0.2) is 11.5 Å². The summed E-state index contributed by atoms with van der Waals surface area (Å²) in [6, 6.07) is 7.66. The Kier molecular flexibility index (Phi) is 4.86. The quantitative estimate of drug-likeness (QED) is 0.701. The van der Waals surface area contributed by atoms with Crippen molar-refractivity contribution in [3.8, 4) is 11.5 Å². The smallest absolute Gasteiger partial charge is 0.161 e. The lowest BCUT2D eigenvalue weighted by atomic mass is 10.3. The second-order valence-corrected chi connectivity index (χ2v) is 2.85. The third kappa shape index (κ3) is 3.26. The molecule has 0 bridgehead atoms. The maximum Gasteiger partial charge on any atom is 0.161 e. The van der Waals surface area contributed by atoms with Crippen molar-refractivity contribution in [2.24, 2.45) is 0 Å². The molecular weight excluding hydrogens is 178 g/mol. The molecular formula is C11H17NO2. The minimum absolute atomic E-state index is 0.661. The Morgan fingerprint density at radius 2 is 1.93 bits per heavy atom. The molecule has 3 nitrogen and oxygen atoms in total. The van der Waals surface area contributed by atoms with E-state index in [0.717, 1.165) is 24.6 Å². The van der Waals surface area contributed by atoms with Gasteiger partial charge in [-0.15, -0.1) is 0 Å². The summed E-state index contributed by atoms with van der Waals surface area (Å²) in [5.41, 5.74) is 0. The summed E-state index contributed by atoms with van der Waals surface area (Å²) in [6.07, 6.45) is 0. The third-order valence-electron chi connectivity index (χ3n) is 1.86. The molecule has 0 radical (unpaired) electrons. The molecule has 0 unspecified atom stereocenters. The zero-order chi connectivity index (χ0) is 10.2. The number of ether oxygens (including phenoxy) is 2. The summed E-state index contributed by atoms with van der Waals surface area (Å²) in [6.45, 7) is 4.56. The third-order valence-corrected chi connectivity index (χ3v) is 1.86. The van der Waals surface area contributed by atoms with Crippen molar-refractivity contribution in [2.75, 3.05) is 26.8 Å². The first-order valence-electron chi connectivity index (χ1n) is 4.85. The number of rotatable bonds is 6. The first kappa shape index (κ1) is 10.9. The van der Waals surface area contributed by atoms with E-state index in [1.54, 1.807) is 7.11 Å². The van der Waals surface area contributed by atoms with Crippen molar-refractivity contribution in [1.29, 1.82) is 0 Å². The molecule has 1 rings (SSSR count). The average molecular weight is 195 g/mol. The SMILES string of the molecule is CCNCCOc1ccccc1OC. The summed E-state index contributed by atoms with van der Waals surface area (Å²) in [4.78, 5) is 0. The molecule has 1 N–H and O–H groups in total. The molecule has 78 valence electrons. The highest BCUT2D eigenvalue weighted by Gasteiger charge is 2.00. The van der Waals surface area contributed by atoms with Crippen LogP contribution in [0.4, 0.5) is 0 Å². The maximum atomic E-state index is 5.54. The van der Waals surface area contributed by atoms with Gasteiger partial charge in [0.1, 0.15) is 6.61 Å². The summed E-state index contributed by atoms with van der Waals surface area (Å²) in [5, 5.41) is 3.19. The van der Waals surface area contributed by atoms with Gasteiger partial charge in [-0.3, -0.25) is 0 Å². The van der Waals surface area contributed by atoms with Crippen molar-refractivity contribution >= 4 is 0 Å². The van der Waals surface area contributed by atoms with E-state index in [2.05, 4.69) is 12.2 Å². The van der Waals surface area contributed by atoms with Gasteiger partial charge >= 0.3 is 0 Å². The van der Waals surface area contributed by atoms with Gasteiger partial charge in [-0.05, 0) is 18.7 Å². The van der Waals surface area contributed by atoms with Crippen LogP contribution in [0.15, 0.2) is 24.3 Å². The molecule has 1 aromatic carbocycles. The van der Waals surface area contributed by atoms with Crippen molar-refractivity contribution in [1.82, 2.24) is 5.32 Å². The Hall–Kier alpha value is -1.22. The minimum atomic E-state index is 0.661. The Labute approximate surface area is 85.0 Å². The topological polar surface area (TPSA) is 30.5 Å². The molecule has 0 spiro atoms. The molecule has 0 aliphatic rings. The van der Waals surface area contributed by atoms with Crippen LogP contribution in [0, 0.1) is 0 Å². The summed E-state index contributed by atoms with van der Waals surface area (Å²) in [5.74, 6) is 1.58. The highest BCUT2D eigenvalue weighted by Crippen LogP contribution is 2.25. The molecule has 0 saturated heterocycles. The summed E-state index contributed by atoms with van der Waals surface area (Å²) >= 11 is 0. The molecule has 0 amide bonds. The fraction of sp³-hybridized carbons (Fsp3) is 0.455. The highest BCUT2D eigenvalue weighted by atomic mass is 16.5. The van der Waals surface area contributed by atoms with Crippen LogP contribution < -0.4 is 14.8 Å². The molecule has 14 heavy (non-hydrogen) atoms. The molecule has 0 aliphatic heterocycles. The summed E-state index contributed by atoms with van der Waals surface area (Å²) < 4.78 is 10.7. The number of methoxy groups -OCH3 is 1. The largest absolute Gasteiger partial charge is 0.493 e. The zero-order valence-corrected chi connectivity index (χ0v) is 8.75. The Morgan fingerprint density at radius 3 is 2.57 bits per heavy atom. The molecule has 0 atom stereocenters. The van der Waals surface area contributed by atoms with Crippen LogP contribution in [-0.2, 0) is 0 Å². The van der Waals surface area contributed by atoms with E-state index in [4.69, 9.17) is 9.47 Å². The maximum absolute atomic E-state index is 5.54. The van der Waals surface area contributed by atoms with E-state index in [0.29, 0.717) is 6.61 Å². The molecule has 0 fully saturated rings. The average Bonchev–Trinajstić information content (AvgIpc) is 2.25. The van der Waals surface area contributed by atoms with E-state index in [1.807, 2.05) is 24.3 Å². The highest BCUT2D eigenvalue weighted by molar-refractivity contribution is 5.39. The van der Waals surface area contributed by atoms with E-state index < -0.39 is 0 Å². The first-order valence-corrected chi connectivity index (χ1v) is 4.85. The van der Waals surface area contributed by atoms with Gasteiger partial charge in [0.25, 0.3) is 0 Å². The van der Waals surface area contributed by atoms with Gasteiger partial charge in [0.05, 0.1) is 7.11 Å². The molecule has 0 aromatic heterocycles. The van der Waals surface area contributed by atoms with E-state index in [9.17, 15) is 0 Å². The molecule has 0 heterocycles. The minimum Gasteiger partial charge on any atom is -0.493 e. The predicted molar refractivity (Wildman–Crippen MR) is 57.0 cm³/mol. The lowest BCUT2D eigenvalue weighted by Gasteiger charge is -2.09. The molecule has 0 aliphatic carbocycles. The van der Waals surface area contributed by atoms with E-state index >= 15 is 0 Å². The Balaban J connectivity index is 2.41. The molecule has 3 heteroatoms. The van der Waals surface area contributed by atoms with E-state index in [1.165, 1.54) is 0 Å². The van der Waals surface area contributed by atoms with Crippen molar-refractivity contribution < 1.29 is 9.47 Å². The monoisotopic (exact) mass is 195 g/mol. The first-order chi connectivity index (χ1) is 6.88. The van der Waals surface area contributed by atoms with Crippen molar-refractivity contribution in [2.45, 2.75) is 6.92 Å². The number of para-hydroxylation sites is 2. The normalized spacial score (nSPS) is 9.86. The van der Waals surface area contributed by atoms with Crippen LogP contribution in [0.5, 0.6) is 11.5 Å². The number of hydrogen-bond acceptors (Lipinski definition) is 3. The van der Waals surface area contributed by atoms with E-state index in [-0.39, 0.29) is 0 Å². The van der Waals surface area contributed by atoms with Gasteiger partial charge < -0.3 is 14.8 Å². The lowest BCUT2D eigenvalue weighted by Crippen LogP contribution is -2.20. The number of hydrogen-bond donors (Lipinski definition) is 1. The Morgan fingerprint density at radius 1 is 1.21 bits per heavy atom. The number of benzene rings is 1. The second-order valence-electron chi connectivity index (χ2n) is 2.85. The van der Waals surface area contributed by atoms with Crippen LogP contribution in [0.1, 0.15) is 6.92 Å². The molecule has 1 aromatic rings. The molecule has 0 saturated carbocycles. The van der Waals surface area contributed by atoms with Crippen molar-refractivity contribution in [3.05, 3.63) is 24.3 Å². The fourth-order valence-corrected chi connectivity index (χ4v) is 1.15. The van der Waals surface area contributed by atoms with Crippen LogP contribution in [0.25, 0.3) is 0 Å². The van der Waals surface area contributed by atoms with Crippen molar-refractivity contribution in [3.63, 3.8) is 0 Å². The fourth-order valence-electron chi connectivity index (χ4n) is 1.15. The van der Waals surface area contributed by atoms with Crippen LogP contribution in [-0.4, -0.2) is 26.8 Å². The van der Waals surface area contributed by atoms with Gasteiger partial charge in [-0.2, -0.15) is 0 Å². The second kappa shape index (κ2) is 6.27. The lowest BCUT2D eigenvalue weighted by molar-refractivity contribution is 0.293. The zero-order valence-electron chi connectivity index (χ0n) is 8.75. The summed E-state index contributed by atoms with van der Waals surface area (Å²) in [7, 11) is 1.65. The van der Waals surface area contributed by atoms with Gasteiger partial charge in [0, 0.05) is 6.54 Å². The predicted octanol–water partition coefficient (Wildman–Crippen LogP) is 1.68.